The summed E-state index contributed by atoms with van der Waals surface area (Å²) in [5.41, 5.74) is 0.916. The van der Waals surface area contributed by atoms with Crippen LogP contribution in [0.15, 0.2) is 36.4 Å². The fourth-order valence-electron chi connectivity index (χ4n) is 5.16. The van der Waals surface area contributed by atoms with E-state index in [0.717, 1.165) is 31.0 Å². The fourth-order valence-corrected chi connectivity index (χ4v) is 5.16. The second-order valence-corrected chi connectivity index (χ2v) is 13.0. The van der Waals surface area contributed by atoms with Crippen LogP contribution in [0.4, 0.5) is 13.6 Å². The van der Waals surface area contributed by atoms with Crippen LogP contribution >= 0.6 is 0 Å². The van der Waals surface area contributed by atoms with Gasteiger partial charge in [-0.25, -0.2) is 13.6 Å². The number of aliphatic hydroxyl groups excluding tert-OH is 1. The van der Waals surface area contributed by atoms with Crippen molar-refractivity contribution in [1.82, 2.24) is 20.9 Å². The molecule has 0 fully saturated rings. The number of hydrogen-bond donors (Lipinski definition) is 4. The summed E-state index contributed by atoms with van der Waals surface area (Å²) >= 11 is 0. The first-order chi connectivity index (χ1) is 22.6. The minimum atomic E-state index is -1.19. The Bertz CT molecular complexity index is 1350. The van der Waals surface area contributed by atoms with E-state index in [0.29, 0.717) is 43.6 Å². The maximum Gasteiger partial charge on any atom is 0.407 e. The van der Waals surface area contributed by atoms with Crippen LogP contribution in [0.2, 0.25) is 0 Å². The highest BCUT2D eigenvalue weighted by atomic mass is 19.1. The van der Waals surface area contributed by atoms with Crippen molar-refractivity contribution < 1.29 is 37.8 Å². The summed E-state index contributed by atoms with van der Waals surface area (Å²) in [6.45, 7) is 12.7. The number of hydrogen-bond acceptors (Lipinski definition) is 6. The summed E-state index contributed by atoms with van der Waals surface area (Å²) in [5.74, 6) is -2.56. The van der Waals surface area contributed by atoms with Crippen molar-refractivity contribution in [2.24, 2.45) is 0 Å². The summed E-state index contributed by atoms with van der Waals surface area (Å²) in [5, 5.41) is 19.3. The van der Waals surface area contributed by atoms with Gasteiger partial charge in [0.15, 0.2) is 0 Å². The molecule has 0 aliphatic rings. The molecular formula is C36H52F2N4O6. The first kappa shape index (κ1) is 40.1. The minimum Gasteiger partial charge on any atom is -0.444 e. The second kappa shape index (κ2) is 19.7. The van der Waals surface area contributed by atoms with Gasteiger partial charge in [-0.3, -0.25) is 14.4 Å². The van der Waals surface area contributed by atoms with E-state index in [9.17, 15) is 33.1 Å². The van der Waals surface area contributed by atoms with Gasteiger partial charge in [-0.05, 0) is 108 Å². The van der Waals surface area contributed by atoms with Crippen molar-refractivity contribution in [3.05, 3.63) is 70.3 Å². The number of nitrogens with one attached hydrogen (secondary N) is 3. The number of aliphatic hydroxyl groups is 1. The van der Waals surface area contributed by atoms with Crippen LogP contribution in [0.3, 0.4) is 0 Å². The van der Waals surface area contributed by atoms with Gasteiger partial charge in [0.25, 0.3) is 11.8 Å². The van der Waals surface area contributed by atoms with E-state index in [4.69, 9.17) is 4.74 Å². The number of alkyl carbamates (subject to hydrolysis) is 1. The van der Waals surface area contributed by atoms with Crippen LogP contribution in [0.5, 0.6) is 0 Å². The first-order valence-corrected chi connectivity index (χ1v) is 16.7. The highest BCUT2D eigenvalue weighted by Crippen LogP contribution is 2.17. The van der Waals surface area contributed by atoms with E-state index in [1.54, 1.807) is 44.7 Å². The number of ether oxygens (including phenoxy) is 1. The number of aryl methyl sites for hydroxylation is 1. The third-order valence-electron chi connectivity index (χ3n) is 7.28. The number of rotatable bonds is 18. The molecule has 12 heteroatoms. The molecule has 0 aliphatic heterocycles. The molecular weight excluding hydrogens is 622 g/mol. The molecule has 10 nitrogen and oxygen atoms in total. The molecule has 48 heavy (non-hydrogen) atoms. The smallest absolute Gasteiger partial charge is 0.407 e. The van der Waals surface area contributed by atoms with Crippen LogP contribution in [0.25, 0.3) is 0 Å². The zero-order valence-electron chi connectivity index (χ0n) is 29.1. The van der Waals surface area contributed by atoms with Crippen LogP contribution < -0.4 is 16.0 Å². The third-order valence-corrected chi connectivity index (χ3v) is 7.28. The summed E-state index contributed by atoms with van der Waals surface area (Å²) in [6, 6.07) is 6.90. The molecule has 0 saturated carbocycles. The Morgan fingerprint density at radius 2 is 1.50 bits per heavy atom. The number of unbranched alkanes of at least 4 members (excludes halogenated alkanes) is 1. The lowest BCUT2D eigenvalue weighted by atomic mass is 9.97. The topological polar surface area (TPSA) is 137 Å². The molecule has 2 aromatic rings. The summed E-state index contributed by atoms with van der Waals surface area (Å²) < 4.78 is 33.2. The Kier molecular flexibility index (Phi) is 16.5. The predicted octanol–water partition coefficient (Wildman–Crippen LogP) is 5.44. The first-order valence-electron chi connectivity index (χ1n) is 16.7. The van der Waals surface area contributed by atoms with E-state index in [1.165, 1.54) is 6.07 Å². The zero-order valence-corrected chi connectivity index (χ0v) is 29.1. The van der Waals surface area contributed by atoms with Crippen molar-refractivity contribution in [3.63, 3.8) is 0 Å². The number of halogens is 2. The number of amides is 4. The molecule has 0 bridgehead atoms. The minimum absolute atomic E-state index is 0.0508. The zero-order chi connectivity index (χ0) is 35.9. The molecule has 0 spiro atoms. The lowest BCUT2D eigenvalue weighted by molar-refractivity contribution is -0.121. The Labute approximate surface area is 283 Å². The molecule has 2 atom stereocenters. The number of benzene rings is 2. The monoisotopic (exact) mass is 674 g/mol. The van der Waals surface area contributed by atoms with E-state index < -0.39 is 41.4 Å². The molecule has 4 N–H and O–H groups in total. The summed E-state index contributed by atoms with van der Waals surface area (Å²) in [7, 11) is 0. The number of carbonyl (C=O) groups is 4. The normalized spacial score (nSPS) is 12.5. The Balaban J connectivity index is 2.06. The average molecular weight is 675 g/mol. The van der Waals surface area contributed by atoms with E-state index in [-0.39, 0.29) is 48.7 Å². The van der Waals surface area contributed by atoms with Crippen LogP contribution in [-0.4, -0.2) is 77.7 Å². The van der Waals surface area contributed by atoms with Gasteiger partial charge in [0.05, 0.1) is 12.1 Å². The fraction of sp³-hybridized carbons (Fsp3) is 0.556. The average Bonchev–Trinajstić information content (AvgIpc) is 2.98. The van der Waals surface area contributed by atoms with Gasteiger partial charge in [0.2, 0.25) is 5.91 Å². The van der Waals surface area contributed by atoms with Crippen molar-refractivity contribution in [2.45, 2.75) is 104 Å². The SMILES string of the molecule is CCCN(CCC)C(=O)c1cc(C)cc(C(=O)N[C@@H](Cc2cc(F)cc(F)c2)[C@H](O)CCNC(=O)CCCCNC(=O)OC(C)(C)C)c1. The van der Waals surface area contributed by atoms with Crippen molar-refractivity contribution in [2.75, 3.05) is 26.2 Å². The Morgan fingerprint density at radius 1 is 0.875 bits per heavy atom. The molecule has 0 heterocycles. The highest BCUT2D eigenvalue weighted by Gasteiger charge is 2.25. The number of nitrogens with zero attached hydrogens (tertiary/aromatic N) is 1. The summed E-state index contributed by atoms with van der Waals surface area (Å²) in [4.78, 5) is 52.6. The van der Waals surface area contributed by atoms with Gasteiger partial charge in [0, 0.05) is 49.8 Å². The van der Waals surface area contributed by atoms with E-state index in [1.807, 2.05) is 13.8 Å². The molecule has 2 aromatic carbocycles. The molecule has 0 unspecified atom stereocenters. The Hall–Kier alpha value is -4.06. The van der Waals surface area contributed by atoms with Gasteiger partial charge in [-0.2, -0.15) is 0 Å². The number of carbonyl (C=O) groups excluding carboxylic acids is 4. The largest absolute Gasteiger partial charge is 0.444 e. The van der Waals surface area contributed by atoms with E-state index >= 15 is 0 Å². The van der Waals surface area contributed by atoms with E-state index in [2.05, 4.69) is 16.0 Å². The molecule has 2 rings (SSSR count). The molecule has 0 aromatic heterocycles. The second-order valence-electron chi connectivity index (χ2n) is 13.0. The molecule has 0 aliphatic carbocycles. The molecule has 0 saturated heterocycles. The van der Waals surface area contributed by atoms with Crippen molar-refractivity contribution in [3.8, 4) is 0 Å². The van der Waals surface area contributed by atoms with Crippen LogP contribution in [-0.2, 0) is 16.0 Å². The summed E-state index contributed by atoms with van der Waals surface area (Å²) in [6.07, 6.45) is 1.13. The van der Waals surface area contributed by atoms with Gasteiger partial charge < -0.3 is 30.7 Å². The maximum atomic E-state index is 14.0. The van der Waals surface area contributed by atoms with Crippen LogP contribution in [0.1, 0.15) is 105 Å². The van der Waals surface area contributed by atoms with Crippen molar-refractivity contribution in [1.29, 1.82) is 0 Å². The van der Waals surface area contributed by atoms with Gasteiger partial charge in [-0.15, -0.1) is 0 Å². The maximum absolute atomic E-state index is 14.0. The van der Waals surface area contributed by atoms with Gasteiger partial charge in [0.1, 0.15) is 17.2 Å². The standard InChI is InChI=1S/C36H52F2N4O6/c1-7-15-42(16-8-2)34(46)27-18-24(3)17-26(22-27)33(45)41-30(21-25-19-28(37)23-29(38)20-25)31(43)12-14-39-32(44)11-9-10-13-40-35(47)48-36(4,5)6/h17-20,22-23,30-31,43H,7-16,21H2,1-6H3,(H,39,44)(H,40,47)(H,41,45)/t30-,31+/m0/s1. The molecule has 0 radical (unpaired) electrons. The highest BCUT2D eigenvalue weighted by molar-refractivity contribution is 6.00. The lowest BCUT2D eigenvalue weighted by Gasteiger charge is -2.25. The Morgan fingerprint density at radius 3 is 2.10 bits per heavy atom. The van der Waals surface area contributed by atoms with Crippen LogP contribution in [0, 0.1) is 18.6 Å². The predicted molar refractivity (Wildman–Crippen MR) is 181 cm³/mol. The third kappa shape index (κ3) is 14.8. The lowest BCUT2D eigenvalue weighted by Crippen LogP contribution is -2.46. The quantitative estimate of drug-likeness (QED) is 0.156. The van der Waals surface area contributed by atoms with Crippen molar-refractivity contribution >= 4 is 23.8 Å². The molecule has 4 amide bonds. The molecule has 266 valence electrons. The van der Waals surface area contributed by atoms with Gasteiger partial charge in [-0.1, -0.05) is 13.8 Å². The van der Waals surface area contributed by atoms with Gasteiger partial charge >= 0.3 is 6.09 Å².